The SMILES string of the molecule is C=CCNC(=O)c1ccn(Cn2nc(C)c(Cl)c2C)n1. The van der Waals surface area contributed by atoms with Gasteiger partial charge in [-0.1, -0.05) is 17.7 Å². The highest BCUT2D eigenvalue weighted by Crippen LogP contribution is 2.18. The van der Waals surface area contributed by atoms with Crippen LogP contribution in [0, 0.1) is 13.8 Å². The highest BCUT2D eigenvalue weighted by Gasteiger charge is 2.11. The van der Waals surface area contributed by atoms with E-state index in [9.17, 15) is 4.79 Å². The van der Waals surface area contributed by atoms with Gasteiger partial charge in [0.25, 0.3) is 5.91 Å². The minimum Gasteiger partial charge on any atom is -0.347 e. The van der Waals surface area contributed by atoms with E-state index in [1.54, 1.807) is 27.7 Å². The Morgan fingerprint density at radius 1 is 1.50 bits per heavy atom. The molecule has 106 valence electrons. The second-order valence-corrected chi connectivity index (χ2v) is 4.74. The van der Waals surface area contributed by atoms with Crippen LogP contribution < -0.4 is 5.32 Å². The van der Waals surface area contributed by atoms with E-state index in [1.807, 2.05) is 13.8 Å². The fourth-order valence-electron chi connectivity index (χ4n) is 1.77. The van der Waals surface area contributed by atoms with Gasteiger partial charge in [-0.05, 0) is 19.9 Å². The molecule has 0 bridgehead atoms. The van der Waals surface area contributed by atoms with Crippen LogP contribution in [0.2, 0.25) is 5.02 Å². The van der Waals surface area contributed by atoms with Gasteiger partial charge in [-0.15, -0.1) is 6.58 Å². The summed E-state index contributed by atoms with van der Waals surface area (Å²) in [5.41, 5.74) is 2.01. The second-order valence-electron chi connectivity index (χ2n) is 4.36. The zero-order valence-electron chi connectivity index (χ0n) is 11.4. The van der Waals surface area contributed by atoms with Gasteiger partial charge in [0.1, 0.15) is 12.4 Å². The van der Waals surface area contributed by atoms with Crippen molar-refractivity contribution in [3.05, 3.63) is 47.0 Å². The molecule has 0 radical (unpaired) electrons. The molecule has 7 heteroatoms. The average Bonchev–Trinajstić information content (AvgIpc) is 2.98. The number of nitrogens with zero attached hydrogens (tertiary/aromatic N) is 4. The first-order valence-corrected chi connectivity index (χ1v) is 6.52. The lowest BCUT2D eigenvalue weighted by molar-refractivity contribution is 0.0952. The van der Waals surface area contributed by atoms with Crippen LogP contribution in [0.25, 0.3) is 0 Å². The molecule has 1 amide bonds. The summed E-state index contributed by atoms with van der Waals surface area (Å²) >= 11 is 6.09. The molecule has 0 aromatic carbocycles. The van der Waals surface area contributed by atoms with Crippen LogP contribution in [0.5, 0.6) is 0 Å². The van der Waals surface area contributed by atoms with Crippen molar-refractivity contribution in [3.63, 3.8) is 0 Å². The second kappa shape index (κ2) is 5.92. The number of hydrogen-bond donors (Lipinski definition) is 1. The molecule has 2 heterocycles. The summed E-state index contributed by atoms with van der Waals surface area (Å²) in [6.07, 6.45) is 3.35. The van der Waals surface area contributed by atoms with Crippen molar-refractivity contribution in [3.8, 4) is 0 Å². The third-order valence-corrected chi connectivity index (χ3v) is 3.40. The Morgan fingerprint density at radius 2 is 2.25 bits per heavy atom. The molecule has 0 atom stereocenters. The molecule has 2 aromatic rings. The van der Waals surface area contributed by atoms with Gasteiger partial charge in [0.15, 0.2) is 0 Å². The number of rotatable bonds is 5. The number of halogens is 1. The number of nitrogens with one attached hydrogen (secondary N) is 1. The number of aryl methyl sites for hydroxylation is 1. The fourth-order valence-corrected chi connectivity index (χ4v) is 1.90. The van der Waals surface area contributed by atoms with Crippen molar-refractivity contribution in [2.75, 3.05) is 6.54 Å². The lowest BCUT2D eigenvalue weighted by Gasteiger charge is -2.04. The number of carbonyl (C=O) groups excluding carboxylic acids is 1. The van der Waals surface area contributed by atoms with Gasteiger partial charge in [0, 0.05) is 12.7 Å². The summed E-state index contributed by atoms with van der Waals surface area (Å²) in [6, 6.07) is 1.66. The molecule has 0 fully saturated rings. The fraction of sp³-hybridized carbons (Fsp3) is 0.308. The number of hydrogen-bond acceptors (Lipinski definition) is 3. The predicted molar refractivity (Wildman–Crippen MR) is 76.9 cm³/mol. The Labute approximate surface area is 122 Å². The van der Waals surface area contributed by atoms with Crippen LogP contribution >= 0.6 is 11.6 Å². The van der Waals surface area contributed by atoms with Crippen molar-refractivity contribution >= 4 is 17.5 Å². The molecule has 1 N–H and O–H groups in total. The van der Waals surface area contributed by atoms with E-state index in [1.165, 1.54) is 0 Å². The molecule has 0 aliphatic carbocycles. The molecule has 2 aromatic heterocycles. The lowest BCUT2D eigenvalue weighted by atomic mass is 10.4. The largest absolute Gasteiger partial charge is 0.347 e. The van der Waals surface area contributed by atoms with Crippen LogP contribution in [0.3, 0.4) is 0 Å². The third-order valence-electron chi connectivity index (χ3n) is 2.85. The van der Waals surface area contributed by atoms with Gasteiger partial charge in [0.05, 0.1) is 16.4 Å². The van der Waals surface area contributed by atoms with Crippen molar-refractivity contribution in [2.45, 2.75) is 20.5 Å². The van der Waals surface area contributed by atoms with Crippen LogP contribution in [-0.4, -0.2) is 32.0 Å². The first-order valence-electron chi connectivity index (χ1n) is 6.15. The molecular weight excluding hydrogens is 278 g/mol. The minimum atomic E-state index is -0.227. The molecule has 0 spiro atoms. The number of aromatic nitrogens is 4. The maximum absolute atomic E-state index is 11.7. The molecule has 20 heavy (non-hydrogen) atoms. The van der Waals surface area contributed by atoms with E-state index in [2.05, 4.69) is 22.1 Å². The topological polar surface area (TPSA) is 64.7 Å². The van der Waals surface area contributed by atoms with E-state index >= 15 is 0 Å². The number of amides is 1. The van der Waals surface area contributed by atoms with Gasteiger partial charge in [0.2, 0.25) is 0 Å². The van der Waals surface area contributed by atoms with Crippen molar-refractivity contribution in [1.82, 2.24) is 24.9 Å². The van der Waals surface area contributed by atoms with Crippen LogP contribution in [0.1, 0.15) is 21.9 Å². The summed E-state index contributed by atoms with van der Waals surface area (Å²) in [4.78, 5) is 11.7. The summed E-state index contributed by atoms with van der Waals surface area (Å²) in [5, 5.41) is 11.9. The Balaban J connectivity index is 2.11. The van der Waals surface area contributed by atoms with Gasteiger partial charge in [-0.25, -0.2) is 4.68 Å². The Bertz CT molecular complexity index is 643. The van der Waals surface area contributed by atoms with Gasteiger partial charge in [-0.2, -0.15) is 10.2 Å². The highest BCUT2D eigenvalue weighted by molar-refractivity contribution is 6.31. The van der Waals surface area contributed by atoms with E-state index in [4.69, 9.17) is 11.6 Å². The molecule has 0 saturated heterocycles. The first-order chi connectivity index (χ1) is 9.52. The van der Waals surface area contributed by atoms with E-state index in [-0.39, 0.29) is 5.91 Å². The van der Waals surface area contributed by atoms with Crippen LogP contribution in [-0.2, 0) is 6.67 Å². The van der Waals surface area contributed by atoms with Crippen molar-refractivity contribution in [2.24, 2.45) is 0 Å². The molecule has 2 rings (SSSR count). The Kier molecular flexibility index (Phi) is 4.24. The summed E-state index contributed by atoms with van der Waals surface area (Å²) in [6.45, 7) is 8.11. The van der Waals surface area contributed by atoms with Gasteiger partial charge >= 0.3 is 0 Å². The standard InChI is InChI=1S/C13H16ClN5O/c1-4-6-15-13(20)11-5-7-18(17-11)8-19-10(3)12(14)9(2)16-19/h4-5,7H,1,6,8H2,2-3H3,(H,15,20). The van der Waals surface area contributed by atoms with E-state index in [0.717, 1.165) is 11.4 Å². The predicted octanol–water partition coefficient (Wildman–Crippen LogP) is 1.77. The van der Waals surface area contributed by atoms with Crippen LogP contribution in [0.15, 0.2) is 24.9 Å². The monoisotopic (exact) mass is 293 g/mol. The lowest BCUT2D eigenvalue weighted by Crippen LogP contribution is -2.24. The third kappa shape index (κ3) is 2.91. The molecule has 0 unspecified atom stereocenters. The normalized spacial score (nSPS) is 10.6. The molecular formula is C13H16ClN5O. The summed E-state index contributed by atoms with van der Waals surface area (Å²) in [7, 11) is 0. The van der Waals surface area contributed by atoms with Gasteiger partial charge < -0.3 is 5.32 Å². The number of carbonyl (C=O) groups is 1. The Hall–Kier alpha value is -2.08. The zero-order chi connectivity index (χ0) is 14.7. The Morgan fingerprint density at radius 3 is 2.85 bits per heavy atom. The summed E-state index contributed by atoms with van der Waals surface area (Å²) < 4.78 is 3.38. The van der Waals surface area contributed by atoms with E-state index in [0.29, 0.717) is 23.9 Å². The summed E-state index contributed by atoms with van der Waals surface area (Å²) in [5.74, 6) is -0.227. The average molecular weight is 294 g/mol. The maximum Gasteiger partial charge on any atom is 0.272 e. The maximum atomic E-state index is 11.7. The first kappa shape index (κ1) is 14.3. The van der Waals surface area contributed by atoms with Crippen molar-refractivity contribution < 1.29 is 4.79 Å². The molecule has 0 aliphatic rings. The molecule has 6 nitrogen and oxygen atoms in total. The smallest absolute Gasteiger partial charge is 0.272 e. The highest BCUT2D eigenvalue weighted by atomic mass is 35.5. The van der Waals surface area contributed by atoms with Gasteiger partial charge in [-0.3, -0.25) is 9.48 Å². The zero-order valence-corrected chi connectivity index (χ0v) is 12.2. The minimum absolute atomic E-state index is 0.227. The van der Waals surface area contributed by atoms with E-state index < -0.39 is 0 Å². The molecule has 0 aliphatic heterocycles. The van der Waals surface area contributed by atoms with Crippen molar-refractivity contribution in [1.29, 1.82) is 0 Å². The molecule has 0 saturated carbocycles. The quantitative estimate of drug-likeness (QED) is 0.855. The van der Waals surface area contributed by atoms with Crippen LogP contribution in [0.4, 0.5) is 0 Å².